The first-order valence-electron chi connectivity index (χ1n) is 4.22. The van der Waals surface area contributed by atoms with E-state index in [1.165, 1.54) is 11.0 Å². The van der Waals surface area contributed by atoms with Crippen LogP contribution in [0.5, 0.6) is 0 Å². The third-order valence-corrected chi connectivity index (χ3v) is 1.61. The van der Waals surface area contributed by atoms with Gasteiger partial charge in [-0.05, 0) is 6.54 Å². The summed E-state index contributed by atoms with van der Waals surface area (Å²) in [5, 5.41) is 24.0. The number of rotatable bonds is 4. The molecule has 0 saturated heterocycles. The molecule has 0 aliphatic carbocycles. The molecule has 0 aliphatic rings. The molecule has 6 nitrogen and oxygen atoms in total. The highest BCUT2D eigenvalue weighted by Gasteiger charge is 2.07. The lowest BCUT2D eigenvalue weighted by Gasteiger charge is -2.08. The van der Waals surface area contributed by atoms with Gasteiger partial charge in [0.05, 0.1) is 12.6 Å². The minimum atomic E-state index is -0.298. The number of nitriles is 2. The Labute approximate surface area is 81.8 Å². The fraction of sp³-hybridized carbons (Fsp3) is 0.500. The molecule has 0 radical (unpaired) electrons. The molecule has 1 aromatic heterocycles. The minimum Gasteiger partial charge on any atom is -0.301 e. The molecular weight excluding hydrogens is 180 g/mol. The van der Waals surface area contributed by atoms with Gasteiger partial charge in [-0.1, -0.05) is 6.92 Å². The van der Waals surface area contributed by atoms with Gasteiger partial charge in [-0.15, -0.1) is 5.10 Å². The number of hydrogen-bond acceptors (Lipinski definition) is 5. The Morgan fingerprint density at radius 1 is 1.64 bits per heavy atom. The van der Waals surface area contributed by atoms with E-state index in [-0.39, 0.29) is 11.9 Å². The van der Waals surface area contributed by atoms with Gasteiger partial charge in [0.15, 0.2) is 0 Å². The Balaban J connectivity index is 2.60. The summed E-state index contributed by atoms with van der Waals surface area (Å²) >= 11 is 0. The molecule has 0 spiro atoms. The molecule has 0 saturated carbocycles. The monoisotopic (exact) mass is 190 g/mol. The van der Waals surface area contributed by atoms with Crippen molar-refractivity contribution >= 4 is 0 Å². The van der Waals surface area contributed by atoms with Crippen molar-refractivity contribution in [1.82, 2.24) is 20.1 Å². The van der Waals surface area contributed by atoms with E-state index in [0.29, 0.717) is 6.54 Å². The number of nitrogens with zero attached hydrogens (tertiary/aromatic N) is 5. The molecule has 0 aliphatic heterocycles. The van der Waals surface area contributed by atoms with Gasteiger partial charge >= 0.3 is 0 Å². The second kappa shape index (κ2) is 4.95. The lowest BCUT2D eigenvalue weighted by molar-refractivity contribution is 0.500. The summed E-state index contributed by atoms with van der Waals surface area (Å²) in [4.78, 5) is 3.74. The van der Waals surface area contributed by atoms with Gasteiger partial charge < -0.3 is 5.32 Å². The average Bonchev–Trinajstić information content (AvgIpc) is 2.65. The van der Waals surface area contributed by atoms with Gasteiger partial charge in [0.1, 0.15) is 18.4 Å². The quantitative estimate of drug-likeness (QED) is 0.700. The van der Waals surface area contributed by atoms with Crippen LogP contribution >= 0.6 is 0 Å². The Morgan fingerprint density at radius 2 is 2.43 bits per heavy atom. The van der Waals surface area contributed by atoms with Crippen molar-refractivity contribution < 1.29 is 0 Å². The normalized spacial score (nSPS) is 11.6. The summed E-state index contributed by atoms with van der Waals surface area (Å²) in [6.07, 6.45) is 1.44. The largest absolute Gasteiger partial charge is 0.301 e. The van der Waals surface area contributed by atoms with Gasteiger partial charge in [0, 0.05) is 0 Å². The van der Waals surface area contributed by atoms with Crippen LogP contribution < -0.4 is 5.32 Å². The first-order chi connectivity index (χ1) is 6.80. The zero-order chi connectivity index (χ0) is 10.4. The zero-order valence-electron chi connectivity index (χ0n) is 7.80. The summed E-state index contributed by atoms with van der Waals surface area (Å²) in [7, 11) is 0. The number of nitrogens with one attached hydrogen (secondary N) is 1. The highest BCUT2D eigenvalue weighted by Crippen LogP contribution is 1.91. The topological polar surface area (TPSA) is 90.3 Å². The Bertz CT molecular complexity index is 368. The SMILES string of the molecule is CCNC(C#N)Cn1cnc(C#N)n1. The van der Waals surface area contributed by atoms with Crippen LogP contribution in [0, 0.1) is 22.7 Å². The van der Waals surface area contributed by atoms with Gasteiger partial charge in [0.2, 0.25) is 0 Å². The minimum absolute atomic E-state index is 0.123. The van der Waals surface area contributed by atoms with Gasteiger partial charge in [0.25, 0.3) is 5.82 Å². The van der Waals surface area contributed by atoms with E-state index in [1.54, 1.807) is 0 Å². The standard InChI is InChI=1S/C8H10N6/c1-2-11-7(3-9)5-14-6-12-8(4-10)13-14/h6-7,11H,2,5H2,1H3. The van der Waals surface area contributed by atoms with E-state index in [4.69, 9.17) is 10.5 Å². The first kappa shape index (κ1) is 10.2. The van der Waals surface area contributed by atoms with E-state index in [9.17, 15) is 0 Å². The molecule has 1 atom stereocenters. The van der Waals surface area contributed by atoms with Gasteiger partial charge in [-0.2, -0.15) is 10.5 Å². The molecule has 1 rings (SSSR count). The predicted molar refractivity (Wildman–Crippen MR) is 47.8 cm³/mol. The molecule has 1 N–H and O–H groups in total. The van der Waals surface area contributed by atoms with Crippen LogP contribution in [0.3, 0.4) is 0 Å². The van der Waals surface area contributed by atoms with Gasteiger partial charge in [-0.25, -0.2) is 9.67 Å². The summed E-state index contributed by atoms with van der Waals surface area (Å²) in [5.41, 5.74) is 0. The fourth-order valence-corrected chi connectivity index (χ4v) is 1.02. The third kappa shape index (κ3) is 2.54. The third-order valence-electron chi connectivity index (χ3n) is 1.61. The maximum atomic E-state index is 8.74. The van der Waals surface area contributed by atoms with Gasteiger partial charge in [-0.3, -0.25) is 0 Å². The van der Waals surface area contributed by atoms with Crippen molar-refractivity contribution in [3.8, 4) is 12.1 Å². The van der Waals surface area contributed by atoms with Crippen LogP contribution in [0.4, 0.5) is 0 Å². The molecule has 72 valence electrons. The Kier molecular flexibility index (Phi) is 3.59. The zero-order valence-corrected chi connectivity index (χ0v) is 7.80. The van der Waals surface area contributed by atoms with Crippen LogP contribution in [-0.4, -0.2) is 27.4 Å². The van der Waals surface area contributed by atoms with E-state index >= 15 is 0 Å². The summed E-state index contributed by atoms with van der Waals surface area (Å²) in [6, 6.07) is 3.62. The summed E-state index contributed by atoms with van der Waals surface area (Å²) < 4.78 is 1.48. The Hall–Kier alpha value is -1.92. The first-order valence-corrected chi connectivity index (χ1v) is 4.22. The molecule has 0 amide bonds. The molecule has 1 unspecified atom stereocenters. The van der Waals surface area contributed by atoms with Crippen LogP contribution in [0.15, 0.2) is 6.33 Å². The second-order valence-electron chi connectivity index (χ2n) is 2.64. The summed E-state index contributed by atoms with van der Waals surface area (Å²) in [5.74, 6) is 0.123. The van der Waals surface area contributed by atoms with Crippen LogP contribution in [0.25, 0.3) is 0 Å². The van der Waals surface area contributed by atoms with Crippen molar-refractivity contribution in [2.75, 3.05) is 6.54 Å². The number of hydrogen-bond donors (Lipinski definition) is 1. The molecule has 1 aromatic rings. The van der Waals surface area contributed by atoms with E-state index in [1.807, 2.05) is 13.0 Å². The van der Waals surface area contributed by atoms with Crippen molar-refractivity contribution in [2.45, 2.75) is 19.5 Å². The second-order valence-corrected chi connectivity index (χ2v) is 2.64. The molecule has 0 fully saturated rings. The molecule has 6 heteroatoms. The van der Waals surface area contributed by atoms with Crippen molar-refractivity contribution in [3.05, 3.63) is 12.2 Å². The van der Waals surface area contributed by atoms with E-state index < -0.39 is 0 Å². The van der Waals surface area contributed by atoms with Crippen molar-refractivity contribution in [2.24, 2.45) is 0 Å². The smallest absolute Gasteiger partial charge is 0.252 e. The molecule has 14 heavy (non-hydrogen) atoms. The predicted octanol–water partition coefficient (Wildman–Crippen LogP) is -0.349. The van der Waals surface area contributed by atoms with Crippen molar-refractivity contribution in [1.29, 1.82) is 10.5 Å². The van der Waals surface area contributed by atoms with Crippen LogP contribution in [-0.2, 0) is 6.54 Å². The fourth-order valence-electron chi connectivity index (χ4n) is 1.02. The average molecular weight is 190 g/mol. The number of aromatic nitrogens is 3. The van der Waals surface area contributed by atoms with Crippen LogP contribution in [0.2, 0.25) is 0 Å². The molecule has 0 bridgehead atoms. The van der Waals surface area contributed by atoms with Crippen molar-refractivity contribution in [3.63, 3.8) is 0 Å². The lowest BCUT2D eigenvalue weighted by atomic mass is 10.3. The van der Waals surface area contributed by atoms with E-state index in [0.717, 1.165) is 6.54 Å². The maximum Gasteiger partial charge on any atom is 0.252 e. The lowest BCUT2D eigenvalue weighted by Crippen LogP contribution is -2.31. The Morgan fingerprint density at radius 3 is 2.93 bits per heavy atom. The number of likely N-dealkylation sites (N-methyl/N-ethyl adjacent to an activating group) is 1. The maximum absolute atomic E-state index is 8.74. The highest BCUT2D eigenvalue weighted by molar-refractivity contribution is 5.05. The molecular formula is C8H10N6. The molecule has 1 heterocycles. The van der Waals surface area contributed by atoms with Crippen LogP contribution in [0.1, 0.15) is 12.7 Å². The summed E-state index contributed by atoms with van der Waals surface area (Å²) in [6.45, 7) is 3.05. The highest BCUT2D eigenvalue weighted by atomic mass is 15.3. The molecule has 0 aromatic carbocycles. The van der Waals surface area contributed by atoms with E-state index in [2.05, 4.69) is 21.5 Å².